The summed E-state index contributed by atoms with van der Waals surface area (Å²) in [5.74, 6) is -2.34. The Bertz CT molecular complexity index is 1140. The highest BCUT2D eigenvalue weighted by atomic mass is 79.9. The maximum Gasteiger partial charge on any atom is 0.491 e. The first kappa shape index (κ1) is 31.1. The average molecular weight is 1090 g/mol. The number of rotatable bonds is 4. The van der Waals surface area contributed by atoms with Crippen molar-refractivity contribution in [2.45, 2.75) is 20.9 Å². The lowest BCUT2D eigenvalue weighted by molar-refractivity contribution is -0.188. The minimum Gasteiger partial charge on any atom is -0.395 e. The lowest BCUT2D eigenvalue weighted by Gasteiger charge is -2.43. The fourth-order valence-corrected chi connectivity index (χ4v) is 17.1. The molecule has 35 heavy (non-hydrogen) atoms. The highest BCUT2D eigenvalue weighted by Gasteiger charge is 2.50. The summed E-state index contributed by atoms with van der Waals surface area (Å²) >= 11 is 31.2. The molecule has 0 N–H and O–H groups in total. The zero-order chi connectivity index (χ0) is 26.5. The molecule has 0 amide bonds. The van der Waals surface area contributed by atoms with Gasteiger partial charge in [0.1, 0.15) is 0 Å². The molecule has 0 radical (unpaired) electrons. The van der Waals surface area contributed by atoms with Crippen molar-refractivity contribution < 1.29 is 22.1 Å². The molecule has 0 saturated heterocycles. The van der Waals surface area contributed by atoms with Gasteiger partial charge in [0, 0.05) is 50.6 Å². The number of hydrogen-bond acceptors (Lipinski definition) is 2. The average Bonchev–Trinajstić information content (AvgIpc) is 2.64. The van der Waals surface area contributed by atoms with Gasteiger partial charge < -0.3 is 4.18 Å². The van der Waals surface area contributed by atoms with Crippen LogP contribution in [0.2, 0.25) is 0 Å². The summed E-state index contributed by atoms with van der Waals surface area (Å²) in [7, 11) is -3.46. The fraction of sp³-hybridized carbons (Fsp3) is 0.0500. The minimum atomic E-state index is -5.25. The maximum atomic E-state index is 13.8. The van der Waals surface area contributed by atoms with E-state index in [9.17, 15) is 18.0 Å². The second-order valence-corrected chi connectivity index (χ2v) is 16.9. The van der Waals surface area contributed by atoms with Crippen molar-refractivity contribution in [2.75, 3.05) is 0 Å². The summed E-state index contributed by atoms with van der Waals surface area (Å²) in [5, 5.41) is 0. The van der Waals surface area contributed by atoms with Crippen LogP contribution in [0, 0.1) is 0 Å². The second kappa shape index (κ2) is 12.0. The molecular weight excluding hydrogens is 1080 g/mol. The summed E-state index contributed by atoms with van der Waals surface area (Å²) < 4.78 is 51.4. The SMILES string of the molecule is O=C(OS(c1c(Br)cc(Br)cc1Br)(c1c(Br)cc(Br)cc1Br)c1c(Br)cc(Br)cc1Br)C(F)(F)F. The molecule has 0 aliphatic heterocycles. The van der Waals surface area contributed by atoms with Crippen LogP contribution in [-0.4, -0.2) is 12.1 Å². The number of carbonyl (C=O) groups is 1. The highest BCUT2D eigenvalue weighted by Crippen LogP contribution is 2.77. The molecule has 0 heterocycles. The van der Waals surface area contributed by atoms with Crippen LogP contribution in [0.1, 0.15) is 0 Å². The molecule has 3 rings (SSSR count). The van der Waals surface area contributed by atoms with Gasteiger partial charge in [-0.1, -0.05) is 47.8 Å². The predicted octanol–water partition coefficient (Wildman–Crippen LogP) is 12.9. The first-order valence-electron chi connectivity index (χ1n) is 8.67. The van der Waals surface area contributed by atoms with E-state index in [1.807, 2.05) is 0 Å². The molecule has 0 aliphatic rings. The quantitative estimate of drug-likeness (QED) is 0.260. The molecule has 0 saturated carbocycles. The molecule has 0 aromatic heterocycles. The molecule has 0 atom stereocenters. The standard InChI is InChI=1S/C20H6Br9F3O2S/c21-7-1-10(24)16(11(25)2-7)35(34-19(33)20(30,31)32,17-12(26)3-8(22)4-13(17)27)18-14(28)5-9(23)6-15(18)29/h1-6H. The van der Waals surface area contributed by atoms with E-state index in [4.69, 9.17) is 4.18 Å². The molecule has 0 spiro atoms. The topological polar surface area (TPSA) is 26.3 Å². The molecule has 188 valence electrons. The molecule has 15 heteroatoms. The molecule has 0 aliphatic carbocycles. The number of alkyl halides is 3. The predicted molar refractivity (Wildman–Crippen MR) is 163 cm³/mol. The first-order chi connectivity index (χ1) is 16.1. The van der Waals surface area contributed by atoms with Crippen molar-refractivity contribution in [1.82, 2.24) is 0 Å². The summed E-state index contributed by atoms with van der Waals surface area (Å²) in [6.07, 6.45) is -5.25. The number of benzene rings is 3. The molecular formula is C20H6Br9F3O2S. The van der Waals surface area contributed by atoms with Crippen LogP contribution in [0.25, 0.3) is 0 Å². The third kappa shape index (κ3) is 6.50. The van der Waals surface area contributed by atoms with Crippen molar-refractivity contribution in [1.29, 1.82) is 0 Å². The Hall–Kier alpha value is 1.59. The van der Waals surface area contributed by atoms with Gasteiger partial charge >= 0.3 is 12.1 Å². The number of halogens is 12. The van der Waals surface area contributed by atoms with Gasteiger partial charge in [-0.25, -0.2) is 4.79 Å². The normalized spacial score (nSPS) is 12.6. The lowest BCUT2D eigenvalue weighted by atomic mass is 10.3. The van der Waals surface area contributed by atoms with E-state index < -0.39 is 22.5 Å². The number of carbonyl (C=O) groups excluding carboxylic acids is 1. The zero-order valence-corrected chi connectivity index (χ0v) is 31.3. The highest BCUT2D eigenvalue weighted by molar-refractivity contribution is 9.12. The fourth-order valence-electron chi connectivity index (χ4n) is 3.00. The Morgan fingerprint density at radius 2 is 0.800 bits per heavy atom. The van der Waals surface area contributed by atoms with Gasteiger partial charge in [-0.3, -0.25) is 0 Å². The van der Waals surface area contributed by atoms with Crippen LogP contribution in [0.5, 0.6) is 0 Å². The van der Waals surface area contributed by atoms with Gasteiger partial charge in [0.05, 0.1) is 14.7 Å². The van der Waals surface area contributed by atoms with Crippen LogP contribution in [-0.2, 0) is 8.98 Å². The molecule has 3 aromatic carbocycles. The van der Waals surface area contributed by atoms with Gasteiger partial charge in [0.2, 0.25) is 0 Å². The molecule has 3 aromatic rings. The van der Waals surface area contributed by atoms with Crippen LogP contribution >= 0.6 is 154 Å². The van der Waals surface area contributed by atoms with Crippen LogP contribution < -0.4 is 0 Å². The maximum absolute atomic E-state index is 13.8. The first-order valence-corrected chi connectivity index (χ1v) is 17.4. The largest absolute Gasteiger partial charge is 0.491 e. The van der Waals surface area contributed by atoms with E-state index in [2.05, 4.69) is 143 Å². The van der Waals surface area contributed by atoms with E-state index in [0.717, 1.165) is 0 Å². The summed E-state index contributed by atoms with van der Waals surface area (Å²) in [5.41, 5.74) is 0. The minimum absolute atomic E-state index is 0.297. The summed E-state index contributed by atoms with van der Waals surface area (Å²) in [4.78, 5) is 13.5. The second-order valence-electron chi connectivity index (χ2n) is 6.52. The smallest absolute Gasteiger partial charge is 0.395 e. The third-order valence-electron chi connectivity index (χ3n) is 4.18. The van der Waals surface area contributed by atoms with Crippen LogP contribution in [0.4, 0.5) is 13.2 Å². The van der Waals surface area contributed by atoms with Crippen molar-refractivity contribution in [3.8, 4) is 0 Å². The lowest BCUT2D eigenvalue weighted by Crippen LogP contribution is -2.28. The van der Waals surface area contributed by atoms with E-state index in [-0.39, 0.29) is 0 Å². The zero-order valence-electron chi connectivity index (χ0n) is 16.2. The van der Waals surface area contributed by atoms with Crippen LogP contribution in [0.3, 0.4) is 0 Å². The molecule has 2 nitrogen and oxygen atoms in total. The molecule has 0 bridgehead atoms. The Morgan fingerprint density at radius 1 is 0.571 bits per heavy atom. The Kier molecular flexibility index (Phi) is 10.7. The Labute approximate surface area is 275 Å². The third-order valence-corrected chi connectivity index (χ3v) is 14.3. The molecule has 0 unspecified atom stereocenters. The van der Waals surface area contributed by atoms with Gasteiger partial charge in [0.15, 0.2) is 0 Å². The Balaban J connectivity index is 2.68. The summed E-state index contributed by atoms with van der Waals surface area (Å²) in [6.45, 7) is 0. The van der Waals surface area contributed by atoms with Gasteiger partial charge in [-0.2, -0.15) is 13.2 Å². The van der Waals surface area contributed by atoms with Crippen molar-refractivity contribution >= 4 is 160 Å². The van der Waals surface area contributed by atoms with Gasteiger partial charge in [-0.15, -0.1) is 0 Å². The molecule has 0 fully saturated rings. The van der Waals surface area contributed by atoms with Crippen LogP contribution in [0.15, 0.2) is 91.3 Å². The van der Waals surface area contributed by atoms with Crippen molar-refractivity contribution in [3.63, 3.8) is 0 Å². The van der Waals surface area contributed by atoms with E-state index in [1.165, 1.54) is 0 Å². The Morgan fingerprint density at radius 3 is 1.00 bits per heavy atom. The van der Waals surface area contributed by atoms with Crippen molar-refractivity contribution in [3.05, 3.63) is 76.7 Å². The van der Waals surface area contributed by atoms with E-state index in [0.29, 0.717) is 54.9 Å². The van der Waals surface area contributed by atoms with E-state index in [1.54, 1.807) is 36.4 Å². The monoisotopic (exact) mass is 1080 g/mol. The van der Waals surface area contributed by atoms with Gasteiger partial charge in [0.25, 0.3) is 0 Å². The number of hydrogen-bond donors (Lipinski definition) is 0. The van der Waals surface area contributed by atoms with Crippen molar-refractivity contribution in [2.24, 2.45) is 0 Å². The van der Waals surface area contributed by atoms with E-state index >= 15 is 0 Å². The summed E-state index contributed by atoms with van der Waals surface area (Å²) in [6, 6.07) is 10.0. The van der Waals surface area contributed by atoms with Gasteiger partial charge in [-0.05, 0) is 132 Å².